The highest BCUT2D eigenvalue weighted by Crippen LogP contribution is 2.26. The Morgan fingerprint density at radius 1 is 1.22 bits per heavy atom. The molecule has 6 heteroatoms. The third-order valence-electron chi connectivity index (χ3n) is 3.56. The highest BCUT2D eigenvalue weighted by atomic mass is 32.1. The number of carbonyl (C=O) groups is 2. The fourth-order valence-electron chi connectivity index (χ4n) is 2.36. The van der Waals surface area contributed by atoms with Gasteiger partial charge in [-0.2, -0.15) is 11.3 Å². The van der Waals surface area contributed by atoms with Gasteiger partial charge in [0, 0.05) is 0 Å². The summed E-state index contributed by atoms with van der Waals surface area (Å²) in [7, 11) is 0. The van der Waals surface area contributed by atoms with Gasteiger partial charge in [-0.15, -0.1) is 0 Å². The first-order valence-electron chi connectivity index (χ1n) is 6.98. The lowest BCUT2D eigenvalue weighted by atomic mass is 10.1. The summed E-state index contributed by atoms with van der Waals surface area (Å²) in [5, 5.41) is 6.48. The molecule has 1 N–H and O–H groups in total. The van der Waals surface area contributed by atoms with Gasteiger partial charge in [0.2, 0.25) is 0 Å². The highest BCUT2D eigenvalue weighted by molar-refractivity contribution is 7.80. The molecular weight excluding hydrogens is 328 g/mol. The van der Waals surface area contributed by atoms with Crippen LogP contribution in [-0.4, -0.2) is 16.9 Å². The molecule has 1 aliphatic heterocycles. The molecule has 2 heterocycles. The van der Waals surface area contributed by atoms with Gasteiger partial charge in [0.1, 0.15) is 5.57 Å². The zero-order valence-corrected chi connectivity index (χ0v) is 14.3. The molecule has 4 nitrogen and oxygen atoms in total. The first-order chi connectivity index (χ1) is 11.0. The number of amides is 2. The predicted octanol–water partition coefficient (Wildman–Crippen LogP) is 3.20. The Kier molecular flexibility index (Phi) is 4.11. The van der Waals surface area contributed by atoms with Crippen molar-refractivity contribution in [3.05, 3.63) is 57.3 Å². The third kappa shape index (κ3) is 2.95. The van der Waals surface area contributed by atoms with Crippen molar-refractivity contribution in [1.29, 1.82) is 0 Å². The zero-order chi connectivity index (χ0) is 16.6. The first kappa shape index (κ1) is 15.6. The number of aryl methyl sites for hydroxylation is 2. The average Bonchev–Trinajstić information content (AvgIpc) is 3.00. The van der Waals surface area contributed by atoms with E-state index in [0.717, 1.165) is 16.7 Å². The van der Waals surface area contributed by atoms with Gasteiger partial charge in [-0.05, 0) is 71.7 Å². The van der Waals surface area contributed by atoms with Crippen molar-refractivity contribution in [2.24, 2.45) is 0 Å². The Morgan fingerprint density at radius 2 is 2.00 bits per heavy atom. The Labute approximate surface area is 143 Å². The lowest BCUT2D eigenvalue weighted by molar-refractivity contribution is -0.122. The van der Waals surface area contributed by atoms with E-state index in [1.165, 1.54) is 16.2 Å². The molecule has 2 aromatic rings. The fourth-order valence-corrected chi connectivity index (χ4v) is 3.25. The smallest absolute Gasteiger partial charge is 0.270 e. The van der Waals surface area contributed by atoms with Crippen molar-refractivity contribution in [2.45, 2.75) is 13.8 Å². The SMILES string of the molecule is Cc1ccc(C)c(N2C(=O)/C(=C/c3ccsc3)C(=O)NC2=S)c1. The highest BCUT2D eigenvalue weighted by Gasteiger charge is 2.35. The van der Waals surface area contributed by atoms with Crippen LogP contribution in [0.25, 0.3) is 6.08 Å². The van der Waals surface area contributed by atoms with Gasteiger partial charge in [-0.1, -0.05) is 12.1 Å². The van der Waals surface area contributed by atoms with Crippen molar-refractivity contribution in [3.63, 3.8) is 0 Å². The van der Waals surface area contributed by atoms with Crippen LogP contribution in [-0.2, 0) is 9.59 Å². The molecular formula is C17H14N2O2S2. The minimum absolute atomic E-state index is 0.0814. The monoisotopic (exact) mass is 342 g/mol. The number of rotatable bonds is 2. The number of nitrogens with zero attached hydrogens (tertiary/aromatic N) is 1. The molecule has 3 rings (SSSR count). The number of benzene rings is 1. The van der Waals surface area contributed by atoms with Gasteiger partial charge >= 0.3 is 0 Å². The van der Waals surface area contributed by atoms with E-state index in [0.29, 0.717) is 5.69 Å². The van der Waals surface area contributed by atoms with Gasteiger partial charge in [-0.3, -0.25) is 19.8 Å². The van der Waals surface area contributed by atoms with Crippen molar-refractivity contribution in [3.8, 4) is 0 Å². The quantitative estimate of drug-likeness (QED) is 0.518. The van der Waals surface area contributed by atoms with E-state index in [9.17, 15) is 9.59 Å². The molecule has 23 heavy (non-hydrogen) atoms. The lowest BCUT2D eigenvalue weighted by Crippen LogP contribution is -2.54. The van der Waals surface area contributed by atoms with Crippen LogP contribution in [0.15, 0.2) is 40.6 Å². The molecule has 0 atom stereocenters. The first-order valence-corrected chi connectivity index (χ1v) is 8.33. The summed E-state index contributed by atoms with van der Waals surface area (Å²) in [6.07, 6.45) is 1.59. The number of thiophene rings is 1. The fraction of sp³-hybridized carbons (Fsp3) is 0.118. The average molecular weight is 342 g/mol. The summed E-state index contributed by atoms with van der Waals surface area (Å²) in [5.74, 6) is -0.869. The number of hydrogen-bond donors (Lipinski definition) is 1. The molecule has 0 spiro atoms. The second-order valence-corrected chi connectivity index (χ2v) is 6.47. The molecule has 1 fully saturated rings. The molecule has 1 aromatic heterocycles. The van der Waals surface area contributed by atoms with Crippen molar-refractivity contribution in [1.82, 2.24) is 5.32 Å². The van der Waals surface area contributed by atoms with Crippen LogP contribution in [0.4, 0.5) is 5.69 Å². The van der Waals surface area contributed by atoms with E-state index in [1.54, 1.807) is 6.08 Å². The maximum atomic E-state index is 12.8. The number of thiocarbonyl (C=S) groups is 1. The summed E-state index contributed by atoms with van der Waals surface area (Å²) >= 11 is 6.72. The summed E-state index contributed by atoms with van der Waals surface area (Å²) in [6.45, 7) is 3.85. The molecule has 1 aliphatic rings. The maximum Gasteiger partial charge on any atom is 0.270 e. The van der Waals surface area contributed by atoms with E-state index in [2.05, 4.69) is 5.32 Å². The number of nitrogens with one attached hydrogen (secondary N) is 1. The third-order valence-corrected chi connectivity index (χ3v) is 4.55. The standard InChI is InChI=1S/C17H14N2O2S2/c1-10-3-4-11(2)14(7-10)19-16(21)13(15(20)18-17(19)22)8-12-5-6-23-9-12/h3-9H,1-2H3,(H,18,20,22)/b13-8+. The summed E-state index contributed by atoms with van der Waals surface area (Å²) in [6, 6.07) is 7.64. The minimum Gasteiger partial charge on any atom is -0.298 e. The molecule has 0 radical (unpaired) electrons. The molecule has 1 saturated heterocycles. The van der Waals surface area contributed by atoms with E-state index in [1.807, 2.05) is 48.9 Å². The second-order valence-electron chi connectivity index (χ2n) is 5.30. The molecule has 0 bridgehead atoms. The number of hydrogen-bond acceptors (Lipinski definition) is 4. The number of carbonyl (C=O) groups excluding carboxylic acids is 2. The summed E-state index contributed by atoms with van der Waals surface area (Å²) < 4.78 is 0. The molecule has 1 aromatic carbocycles. The second kappa shape index (κ2) is 6.06. The van der Waals surface area contributed by atoms with Gasteiger partial charge in [0.25, 0.3) is 11.8 Å². The van der Waals surface area contributed by atoms with Crippen LogP contribution in [0.3, 0.4) is 0 Å². The van der Waals surface area contributed by atoms with Crippen molar-refractivity contribution < 1.29 is 9.59 Å². The van der Waals surface area contributed by atoms with Crippen LogP contribution in [0.2, 0.25) is 0 Å². The van der Waals surface area contributed by atoms with E-state index < -0.39 is 11.8 Å². The van der Waals surface area contributed by atoms with Crippen LogP contribution in [0.5, 0.6) is 0 Å². The Balaban J connectivity index is 2.07. The Morgan fingerprint density at radius 3 is 2.70 bits per heavy atom. The number of anilines is 1. The largest absolute Gasteiger partial charge is 0.298 e. The van der Waals surface area contributed by atoms with Crippen LogP contribution in [0.1, 0.15) is 16.7 Å². The molecule has 0 unspecified atom stereocenters. The van der Waals surface area contributed by atoms with Gasteiger partial charge in [0.15, 0.2) is 5.11 Å². The summed E-state index contributed by atoms with van der Waals surface area (Å²) in [4.78, 5) is 26.4. The molecule has 116 valence electrons. The molecule has 0 aliphatic carbocycles. The topological polar surface area (TPSA) is 49.4 Å². The maximum absolute atomic E-state index is 12.8. The van der Waals surface area contributed by atoms with E-state index in [4.69, 9.17) is 12.2 Å². The van der Waals surface area contributed by atoms with Crippen LogP contribution in [0, 0.1) is 13.8 Å². The minimum atomic E-state index is -0.465. The van der Waals surface area contributed by atoms with E-state index >= 15 is 0 Å². The summed E-state index contributed by atoms with van der Waals surface area (Å²) in [5.41, 5.74) is 3.52. The van der Waals surface area contributed by atoms with E-state index in [-0.39, 0.29) is 10.7 Å². The Bertz CT molecular complexity index is 838. The zero-order valence-electron chi connectivity index (χ0n) is 12.6. The lowest BCUT2D eigenvalue weighted by Gasteiger charge is -2.30. The predicted molar refractivity (Wildman–Crippen MR) is 96.4 cm³/mol. The normalized spacial score (nSPS) is 16.9. The van der Waals surface area contributed by atoms with Crippen LogP contribution >= 0.6 is 23.6 Å². The van der Waals surface area contributed by atoms with Crippen molar-refractivity contribution in [2.75, 3.05) is 4.90 Å². The molecule has 0 saturated carbocycles. The van der Waals surface area contributed by atoms with Gasteiger partial charge < -0.3 is 0 Å². The van der Waals surface area contributed by atoms with Gasteiger partial charge in [0.05, 0.1) is 5.69 Å². The van der Waals surface area contributed by atoms with Gasteiger partial charge in [-0.25, -0.2) is 0 Å². The van der Waals surface area contributed by atoms with Crippen LogP contribution < -0.4 is 10.2 Å². The molecule has 2 amide bonds. The van der Waals surface area contributed by atoms with Crippen molar-refractivity contribution >= 4 is 52.2 Å². The Hall–Kier alpha value is -2.31.